The van der Waals surface area contributed by atoms with Gasteiger partial charge in [0.2, 0.25) is 0 Å². The largest absolute Gasteiger partial charge is 0.0802 e. The van der Waals surface area contributed by atoms with E-state index in [1.54, 1.807) is 5.57 Å². The average molecular weight is 136 g/mol. The Balaban J connectivity index is 2.86. The monoisotopic (exact) mass is 136 g/mol. The molecule has 0 atom stereocenters. The van der Waals surface area contributed by atoms with Crippen LogP contribution < -0.4 is 0 Å². The highest BCUT2D eigenvalue weighted by molar-refractivity contribution is 5.35. The van der Waals surface area contributed by atoms with E-state index in [0.29, 0.717) is 5.41 Å². The lowest BCUT2D eigenvalue weighted by Crippen LogP contribution is -2.08. The Morgan fingerprint density at radius 3 is 2.10 bits per heavy atom. The van der Waals surface area contributed by atoms with Crippen molar-refractivity contribution >= 4 is 0 Å². The first-order valence-corrected chi connectivity index (χ1v) is 3.88. The standard InChI is InChI=1S/C10H16/c1-8-6-5-7-9(8)10(2,3)4/h5-6H,7H2,1-4H3. The van der Waals surface area contributed by atoms with Crippen molar-refractivity contribution < 1.29 is 0 Å². The van der Waals surface area contributed by atoms with Gasteiger partial charge in [0.1, 0.15) is 0 Å². The third-order valence-electron chi connectivity index (χ3n) is 2.07. The lowest BCUT2D eigenvalue weighted by Gasteiger charge is -2.21. The average Bonchev–Trinajstić information content (AvgIpc) is 2.11. The summed E-state index contributed by atoms with van der Waals surface area (Å²) >= 11 is 0. The summed E-state index contributed by atoms with van der Waals surface area (Å²) < 4.78 is 0. The van der Waals surface area contributed by atoms with Gasteiger partial charge in [0.25, 0.3) is 0 Å². The van der Waals surface area contributed by atoms with Gasteiger partial charge in [-0.2, -0.15) is 0 Å². The molecule has 0 saturated heterocycles. The molecule has 0 aromatic carbocycles. The van der Waals surface area contributed by atoms with E-state index in [1.165, 1.54) is 5.57 Å². The molecule has 0 radical (unpaired) electrons. The first-order valence-electron chi connectivity index (χ1n) is 3.88. The Bertz CT molecular complexity index is 187. The Morgan fingerprint density at radius 2 is 1.90 bits per heavy atom. The van der Waals surface area contributed by atoms with E-state index < -0.39 is 0 Å². The molecule has 0 nitrogen and oxygen atoms in total. The molecule has 0 saturated carbocycles. The molecule has 0 amide bonds. The third-order valence-corrected chi connectivity index (χ3v) is 2.07. The summed E-state index contributed by atoms with van der Waals surface area (Å²) in [5.74, 6) is 0. The molecule has 0 heterocycles. The number of hydrogen-bond acceptors (Lipinski definition) is 0. The maximum Gasteiger partial charge on any atom is -0.0125 e. The van der Waals surface area contributed by atoms with Crippen molar-refractivity contribution in [1.82, 2.24) is 0 Å². The van der Waals surface area contributed by atoms with Crippen molar-refractivity contribution in [2.45, 2.75) is 34.1 Å². The summed E-state index contributed by atoms with van der Waals surface area (Å²) in [5, 5.41) is 0. The molecule has 0 aromatic heterocycles. The summed E-state index contributed by atoms with van der Waals surface area (Å²) in [6.45, 7) is 9.03. The van der Waals surface area contributed by atoms with Crippen LogP contribution in [0.15, 0.2) is 23.3 Å². The Kier molecular flexibility index (Phi) is 1.72. The van der Waals surface area contributed by atoms with Gasteiger partial charge in [-0.1, -0.05) is 44.1 Å². The molecule has 1 aliphatic rings. The third kappa shape index (κ3) is 1.31. The highest BCUT2D eigenvalue weighted by atomic mass is 14.2. The molecule has 0 heteroatoms. The predicted molar refractivity (Wildman–Crippen MR) is 45.9 cm³/mol. The first-order chi connectivity index (χ1) is 4.52. The van der Waals surface area contributed by atoms with E-state index in [4.69, 9.17) is 0 Å². The molecule has 0 aromatic rings. The molecule has 0 bridgehead atoms. The summed E-state index contributed by atoms with van der Waals surface area (Å²) in [5.41, 5.74) is 3.42. The summed E-state index contributed by atoms with van der Waals surface area (Å²) in [6.07, 6.45) is 5.63. The maximum atomic E-state index is 2.28. The molecule has 0 aliphatic heterocycles. The minimum atomic E-state index is 0.369. The summed E-state index contributed by atoms with van der Waals surface area (Å²) in [7, 11) is 0. The minimum Gasteiger partial charge on any atom is -0.0802 e. The molecule has 1 aliphatic carbocycles. The number of hydrogen-bond donors (Lipinski definition) is 0. The second kappa shape index (κ2) is 2.26. The summed E-state index contributed by atoms with van der Waals surface area (Å²) in [4.78, 5) is 0. The van der Waals surface area contributed by atoms with Crippen molar-refractivity contribution in [3.8, 4) is 0 Å². The molecule has 0 spiro atoms. The fourth-order valence-electron chi connectivity index (χ4n) is 1.51. The van der Waals surface area contributed by atoms with E-state index in [-0.39, 0.29) is 0 Å². The van der Waals surface area contributed by atoms with Crippen LogP contribution in [0.1, 0.15) is 34.1 Å². The van der Waals surface area contributed by atoms with E-state index in [0.717, 1.165) is 6.42 Å². The van der Waals surface area contributed by atoms with Gasteiger partial charge in [-0.3, -0.25) is 0 Å². The van der Waals surface area contributed by atoms with Gasteiger partial charge in [0, 0.05) is 0 Å². The van der Waals surface area contributed by atoms with Gasteiger partial charge in [-0.15, -0.1) is 0 Å². The lowest BCUT2D eigenvalue weighted by atomic mass is 9.84. The Hall–Kier alpha value is -0.520. The SMILES string of the molecule is CC1=C(C(C)(C)C)CC=C1. The zero-order chi connectivity index (χ0) is 7.78. The summed E-state index contributed by atoms with van der Waals surface area (Å²) in [6, 6.07) is 0. The molecular formula is C10H16. The van der Waals surface area contributed by atoms with Gasteiger partial charge >= 0.3 is 0 Å². The predicted octanol–water partition coefficient (Wildman–Crippen LogP) is 3.31. The van der Waals surface area contributed by atoms with Crippen LogP contribution in [-0.2, 0) is 0 Å². The van der Waals surface area contributed by atoms with Crippen molar-refractivity contribution in [2.24, 2.45) is 5.41 Å². The molecule has 10 heavy (non-hydrogen) atoms. The highest BCUT2D eigenvalue weighted by Gasteiger charge is 2.19. The minimum absolute atomic E-state index is 0.369. The molecular weight excluding hydrogens is 120 g/mol. The molecule has 0 unspecified atom stereocenters. The van der Waals surface area contributed by atoms with Crippen molar-refractivity contribution in [3.63, 3.8) is 0 Å². The molecule has 0 fully saturated rings. The van der Waals surface area contributed by atoms with Crippen LogP contribution in [0.25, 0.3) is 0 Å². The second-order valence-electron chi connectivity index (χ2n) is 4.02. The fraction of sp³-hybridized carbons (Fsp3) is 0.600. The smallest absolute Gasteiger partial charge is 0.0125 e. The highest BCUT2D eigenvalue weighted by Crippen LogP contribution is 2.34. The van der Waals surface area contributed by atoms with Crippen molar-refractivity contribution in [3.05, 3.63) is 23.3 Å². The van der Waals surface area contributed by atoms with Crippen LogP contribution in [0.2, 0.25) is 0 Å². The van der Waals surface area contributed by atoms with Crippen LogP contribution in [0.3, 0.4) is 0 Å². The van der Waals surface area contributed by atoms with Crippen LogP contribution in [0, 0.1) is 5.41 Å². The van der Waals surface area contributed by atoms with E-state index in [1.807, 2.05) is 0 Å². The quantitative estimate of drug-likeness (QED) is 0.479. The van der Waals surface area contributed by atoms with Crippen LogP contribution in [0.5, 0.6) is 0 Å². The van der Waals surface area contributed by atoms with Gasteiger partial charge in [-0.25, -0.2) is 0 Å². The van der Waals surface area contributed by atoms with Gasteiger partial charge in [0.15, 0.2) is 0 Å². The maximum absolute atomic E-state index is 2.28. The molecule has 1 rings (SSSR count). The van der Waals surface area contributed by atoms with Crippen LogP contribution >= 0.6 is 0 Å². The fourth-order valence-corrected chi connectivity index (χ4v) is 1.51. The zero-order valence-corrected chi connectivity index (χ0v) is 7.36. The number of rotatable bonds is 0. The van der Waals surface area contributed by atoms with E-state index in [9.17, 15) is 0 Å². The second-order valence-corrected chi connectivity index (χ2v) is 4.02. The molecule has 0 N–H and O–H groups in total. The topological polar surface area (TPSA) is 0 Å². The number of allylic oxidation sites excluding steroid dienone is 4. The van der Waals surface area contributed by atoms with Crippen LogP contribution in [0.4, 0.5) is 0 Å². The van der Waals surface area contributed by atoms with Crippen molar-refractivity contribution in [1.29, 1.82) is 0 Å². The Morgan fingerprint density at radius 1 is 1.30 bits per heavy atom. The van der Waals surface area contributed by atoms with Crippen LogP contribution in [-0.4, -0.2) is 0 Å². The zero-order valence-electron chi connectivity index (χ0n) is 7.36. The van der Waals surface area contributed by atoms with E-state index in [2.05, 4.69) is 39.8 Å². The van der Waals surface area contributed by atoms with E-state index >= 15 is 0 Å². The van der Waals surface area contributed by atoms with Gasteiger partial charge in [0.05, 0.1) is 0 Å². The lowest BCUT2D eigenvalue weighted by molar-refractivity contribution is 0.493. The normalized spacial score (nSPS) is 18.8. The van der Waals surface area contributed by atoms with Gasteiger partial charge < -0.3 is 0 Å². The molecule has 56 valence electrons. The Labute approximate surface area is 63.6 Å². The van der Waals surface area contributed by atoms with Crippen molar-refractivity contribution in [2.75, 3.05) is 0 Å². The first kappa shape index (κ1) is 7.59. The van der Waals surface area contributed by atoms with Gasteiger partial charge in [-0.05, 0) is 18.8 Å².